The van der Waals surface area contributed by atoms with Gasteiger partial charge in [-0.25, -0.2) is 0 Å². The molecule has 124 valence electrons. The zero-order valence-electron chi connectivity index (χ0n) is 14.6. The van der Waals surface area contributed by atoms with Crippen LogP contribution in [0.5, 0.6) is 0 Å². The predicted molar refractivity (Wildman–Crippen MR) is 119 cm³/mol. The molecule has 2 aromatic heterocycles. The number of aryl methyl sites for hydroxylation is 2. The molecule has 0 aliphatic rings. The van der Waals surface area contributed by atoms with E-state index in [0.717, 1.165) is 0 Å². The lowest BCUT2D eigenvalue weighted by molar-refractivity contribution is 1.66. The van der Waals surface area contributed by atoms with Gasteiger partial charge in [0.25, 0.3) is 0 Å². The van der Waals surface area contributed by atoms with Crippen LogP contribution in [-0.4, -0.2) is 0 Å². The van der Waals surface area contributed by atoms with Crippen molar-refractivity contribution in [1.29, 1.82) is 0 Å². The average Bonchev–Trinajstić information content (AvgIpc) is 3.16. The second kappa shape index (κ2) is 5.06. The maximum Gasteiger partial charge on any atom is 0.0352 e. The number of benzene rings is 4. The molecule has 0 bridgehead atoms. The quantitative estimate of drug-likeness (QED) is 0.237. The summed E-state index contributed by atoms with van der Waals surface area (Å²) < 4.78 is 2.76. The molecule has 0 N–H and O–H groups in total. The van der Waals surface area contributed by atoms with Gasteiger partial charge in [0.2, 0.25) is 0 Å². The lowest BCUT2D eigenvalue weighted by Gasteiger charge is -2.08. The van der Waals surface area contributed by atoms with Crippen LogP contribution in [0.3, 0.4) is 0 Å². The molecule has 0 radical (unpaired) electrons. The zero-order chi connectivity index (χ0) is 17.4. The minimum Gasteiger partial charge on any atom is -0.141 e. The second-order valence-electron chi connectivity index (χ2n) is 7.16. The van der Waals surface area contributed by atoms with Crippen molar-refractivity contribution in [2.45, 2.75) is 13.8 Å². The zero-order valence-corrected chi connectivity index (χ0v) is 16.2. The van der Waals surface area contributed by atoms with Gasteiger partial charge in [0.05, 0.1) is 0 Å². The molecule has 0 spiro atoms. The van der Waals surface area contributed by atoms with Gasteiger partial charge in [-0.2, -0.15) is 0 Å². The van der Waals surface area contributed by atoms with E-state index in [9.17, 15) is 0 Å². The lowest BCUT2D eigenvalue weighted by Crippen LogP contribution is -1.81. The van der Waals surface area contributed by atoms with Gasteiger partial charge in [-0.1, -0.05) is 24.3 Å². The Bertz CT molecular complexity index is 1380. The van der Waals surface area contributed by atoms with E-state index in [-0.39, 0.29) is 0 Å². The smallest absolute Gasteiger partial charge is 0.0352 e. The van der Waals surface area contributed by atoms with Gasteiger partial charge in [-0.3, -0.25) is 0 Å². The maximum absolute atomic E-state index is 2.38. The van der Waals surface area contributed by atoms with Crippen molar-refractivity contribution in [3.05, 3.63) is 70.4 Å². The summed E-state index contributed by atoms with van der Waals surface area (Å²) in [5.74, 6) is 0. The van der Waals surface area contributed by atoms with Gasteiger partial charge in [-0.15, -0.1) is 22.7 Å². The van der Waals surface area contributed by atoms with Crippen LogP contribution in [0, 0.1) is 13.8 Å². The van der Waals surface area contributed by atoms with E-state index in [0.29, 0.717) is 0 Å². The van der Waals surface area contributed by atoms with Crippen molar-refractivity contribution in [2.24, 2.45) is 0 Å². The molecule has 0 amide bonds. The highest BCUT2D eigenvalue weighted by molar-refractivity contribution is 7.19. The van der Waals surface area contributed by atoms with Crippen LogP contribution in [0.4, 0.5) is 0 Å². The highest BCUT2D eigenvalue weighted by Gasteiger charge is 2.09. The molecular formula is C24H16S2. The Kier molecular flexibility index (Phi) is 2.87. The van der Waals surface area contributed by atoms with Crippen molar-refractivity contribution >= 4 is 75.2 Å². The van der Waals surface area contributed by atoms with E-state index in [1.54, 1.807) is 0 Å². The van der Waals surface area contributed by atoms with E-state index in [4.69, 9.17) is 0 Å². The van der Waals surface area contributed by atoms with Crippen molar-refractivity contribution in [1.82, 2.24) is 0 Å². The fraction of sp³-hybridized carbons (Fsp3) is 0.0833. The van der Waals surface area contributed by atoms with Gasteiger partial charge < -0.3 is 0 Å². The van der Waals surface area contributed by atoms with Crippen LogP contribution in [-0.2, 0) is 0 Å². The Morgan fingerprint density at radius 2 is 0.923 bits per heavy atom. The highest BCUT2D eigenvalue weighted by Crippen LogP contribution is 2.38. The van der Waals surface area contributed by atoms with Crippen LogP contribution in [0.2, 0.25) is 0 Å². The normalized spacial score (nSPS) is 12.2. The SMILES string of the molecule is Cc1cc2cc3ccc4c5cc6sc(C)cc6cc5ccc4c3cc2s1. The first-order valence-corrected chi connectivity index (χ1v) is 10.5. The summed E-state index contributed by atoms with van der Waals surface area (Å²) in [5, 5.41) is 10.8. The first-order chi connectivity index (χ1) is 12.7. The predicted octanol–water partition coefficient (Wildman–Crippen LogP) is 8.19. The highest BCUT2D eigenvalue weighted by atomic mass is 32.1. The molecule has 4 aromatic carbocycles. The number of rotatable bonds is 0. The van der Waals surface area contributed by atoms with Gasteiger partial charge in [0.15, 0.2) is 0 Å². The lowest BCUT2D eigenvalue weighted by atomic mass is 9.96. The monoisotopic (exact) mass is 368 g/mol. The molecule has 6 aromatic rings. The van der Waals surface area contributed by atoms with Crippen LogP contribution >= 0.6 is 22.7 Å². The minimum absolute atomic E-state index is 1.33. The van der Waals surface area contributed by atoms with Crippen molar-refractivity contribution < 1.29 is 0 Å². The van der Waals surface area contributed by atoms with E-state index in [1.807, 2.05) is 22.7 Å². The average molecular weight is 369 g/mol. The fourth-order valence-corrected chi connectivity index (χ4v) is 6.10. The van der Waals surface area contributed by atoms with Crippen LogP contribution < -0.4 is 0 Å². The largest absolute Gasteiger partial charge is 0.141 e. The molecule has 0 unspecified atom stereocenters. The number of thiophene rings is 2. The second-order valence-corrected chi connectivity index (χ2v) is 9.74. The molecule has 0 aliphatic carbocycles. The summed E-state index contributed by atoms with van der Waals surface area (Å²) >= 11 is 3.77. The van der Waals surface area contributed by atoms with Gasteiger partial charge in [-0.05, 0) is 93.3 Å². The molecule has 2 heteroatoms. The Morgan fingerprint density at radius 1 is 0.462 bits per heavy atom. The molecule has 0 saturated heterocycles. The summed E-state index contributed by atoms with van der Waals surface area (Å²) in [6.07, 6.45) is 0. The number of hydrogen-bond acceptors (Lipinski definition) is 2. The number of fused-ring (bicyclic) bond motifs is 7. The third-order valence-corrected chi connectivity index (χ3v) is 7.38. The Hall–Kier alpha value is -2.42. The van der Waals surface area contributed by atoms with E-state index >= 15 is 0 Å². The van der Waals surface area contributed by atoms with E-state index in [2.05, 4.69) is 74.5 Å². The van der Waals surface area contributed by atoms with Crippen molar-refractivity contribution in [3.63, 3.8) is 0 Å². The summed E-state index contributed by atoms with van der Waals surface area (Å²) in [6.45, 7) is 4.38. The molecule has 26 heavy (non-hydrogen) atoms. The maximum atomic E-state index is 2.38. The third kappa shape index (κ3) is 2.00. The van der Waals surface area contributed by atoms with Crippen molar-refractivity contribution in [2.75, 3.05) is 0 Å². The molecule has 0 aliphatic heterocycles. The van der Waals surface area contributed by atoms with Crippen LogP contribution in [0.1, 0.15) is 9.75 Å². The summed E-state index contributed by atoms with van der Waals surface area (Å²) in [5.41, 5.74) is 0. The molecule has 2 heterocycles. The van der Waals surface area contributed by atoms with E-state index in [1.165, 1.54) is 62.2 Å². The molecule has 0 atom stereocenters. The molecule has 6 rings (SSSR count). The minimum atomic E-state index is 1.33. The molecule has 0 saturated carbocycles. The summed E-state index contributed by atoms with van der Waals surface area (Å²) in [6, 6.07) is 23.2. The first kappa shape index (κ1) is 14.7. The van der Waals surface area contributed by atoms with Crippen LogP contribution in [0.15, 0.2) is 60.7 Å². The molecule has 0 nitrogen and oxygen atoms in total. The summed E-state index contributed by atoms with van der Waals surface area (Å²) in [7, 11) is 0. The van der Waals surface area contributed by atoms with Crippen LogP contribution in [0.25, 0.3) is 52.5 Å². The fourth-order valence-electron chi connectivity index (χ4n) is 4.21. The topological polar surface area (TPSA) is 0 Å². The Labute approximate surface area is 159 Å². The Balaban J connectivity index is 1.79. The number of hydrogen-bond donors (Lipinski definition) is 0. The molecule has 0 fully saturated rings. The van der Waals surface area contributed by atoms with Crippen molar-refractivity contribution in [3.8, 4) is 0 Å². The third-order valence-electron chi connectivity index (χ3n) is 5.35. The molecular weight excluding hydrogens is 352 g/mol. The Morgan fingerprint density at radius 3 is 1.38 bits per heavy atom. The standard InChI is InChI=1S/C24H16S2/c1-13-7-17-9-15-3-5-20-19(21(15)11-23(17)25-13)6-4-16-10-18-8-14(2)26-24(18)12-22(16)20/h3-12H,1-2H3. The van der Waals surface area contributed by atoms with Gasteiger partial charge in [0, 0.05) is 19.2 Å². The van der Waals surface area contributed by atoms with E-state index < -0.39 is 0 Å². The van der Waals surface area contributed by atoms with Gasteiger partial charge in [0.1, 0.15) is 0 Å². The summed E-state index contributed by atoms with van der Waals surface area (Å²) in [4.78, 5) is 2.75. The first-order valence-electron chi connectivity index (χ1n) is 8.85. The van der Waals surface area contributed by atoms with Gasteiger partial charge >= 0.3 is 0 Å².